The van der Waals surface area contributed by atoms with Crippen molar-refractivity contribution in [3.05, 3.63) is 17.0 Å². The molecule has 0 unspecified atom stereocenters. The molecule has 0 bridgehead atoms. The average Bonchev–Trinajstić information content (AvgIpc) is 2.03. The number of hydrogen-bond donors (Lipinski definition) is 2. The van der Waals surface area contributed by atoms with Crippen molar-refractivity contribution in [3.8, 4) is 17.2 Å². The van der Waals surface area contributed by atoms with E-state index in [1.807, 2.05) is 0 Å². The molecule has 0 aromatic heterocycles. The summed E-state index contributed by atoms with van der Waals surface area (Å²) in [5, 5.41) is 20.6. The molecule has 0 amide bonds. The quantitative estimate of drug-likeness (QED) is 0.657. The molecule has 0 atom stereocenters. The van der Waals surface area contributed by atoms with Gasteiger partial charge in [0.05, 0.1) is 7.11 Å². The maximum absolute atomic E-state index is 10.0. The minimum Gasteiger partial charge on any atom is -0.505 e. The number of phenols is 2. The van der Waals surface area contributed by atoms with E-state index in [2.05, 4.69) is 5.18 Å². The van der Waals surface area contributed by atoms with Gasteiger partial charge >= 0.3 is 0 Å². The Morgan fingerprint density at radius 3 is 2.17 bits per heavy atom. The first-order valence-electron chi connectivity index (χ1n) is 3.12. The highest BCUT2D eigenvalue weighted by molar-refractivity contribution is 5.63. The molecule has 0 fully saturated rings. The van der Waals surface area contributed by atoms with Gasteiger partial charge in [0.15, 0.2) is 17.2 Å². The average molecular weight is 169 g/mol. The number of nitrogens with zero attached hydrogens (tertiary/aromatic N) is 1. The van der Waals surface area contributed by atoms with E-state index in [4.69, 9.17) is 14.9 Å². The monoisotopic (exact) mass is 169 g/mol. The van der Waals surface area contributed by atoms with Crippen LogP contribution in [-0.2, 0) is 0 Å². The number of aromatic hydroxyl groups is 2. The molecule has 0 aliphatic carbocycles. The highest BCUT2D eigenvalue weighted by atomic mass is 16.5. The Kier molecular flexibility index (Phi) is 2.14. The van der Waals surface area contributed by atoms with E-state index in [1.165, 1.54) is 19.2 Å². The van der Waals surface area contributed by atoms with Crippen molar-refractivity contribution >= 4 is 5.69 Å². The van der Waals surface area contributed by atoms with Gasteiger partial charge in [-0.05, 0) is 5.18 Å². The van der Waals surface area contributed by atoms with Gasteiger partial charge in [-0.25, -0.2) is 0 Å². The normalized spacial score (nSPS) is 9.42. The van der Waals surface area contributed by atoms with Crippen LogP contribution in [0.5, 0.6) is 17.2 Å². The van der Waals surface area contributed by atoms with Gasteiger partial charge in [-0.15, -0.1) is 4.91 Å². The molecule has 0 radical (unpaired) electrons. The molecule has 2 N–H and O–H groups in total. The molecule has 0 heterocycles. The van der Waals surface area contributed by atoms with Crippen LogP contribution in [0.4, 0.5) is 5.69 Å². The maximum atomic E-state index is 10.0. The zero-order valence-electron chi connectivity index (χ0n) is 6.31. The topological polar surface area (TPSA) is 79.1 Å². The number of rotatable bonds is 2. The number of methoxy groups -OCH3 is 1. The molecule has 0 spiro atoms. The second-order valence-electron chi connectivity index (χ2n) is 2.11. The third kappa shape index (κ3) is 1.29. The van der Waals surface area contributed by atoms with Crippen molar-refractivity contribution in [2.45, 2.75) is 0 Å². The number of benzene rings is 1. The summed E-state index contributed by atoms with van der Waals surface area (Å²) < 4.78 is 4.71. The van der Waals surface area contributed by atoms with Crippen LogP contribution in [0.2, 0.25) is 0 Å². The van der Waals surface area contributed by atoms with Crippen LogP contribution in [0.15, 0.2) is 17.3 Å². The SMILES string of the molecule is COc1cc(O)c(N=O)c(O)c1. The van der Waals surface area contributed by atoms with Gasteiger partial charge in [0.1, 0.15) is 5.75 Å². The molecule has 0 saturated heterocycles. The van der Waals surface area contributed by atoms with Crippen LogP contribution in [0.25, 0.3) is 0 Å². The van der Waals surface area contributed by atoms with E-state index >= 15 is 0 Å². The van der Waals surface area contributed by atoms with Crippen LogP contribution in [-0.4, -0.2) is 17.3 Å². The van der Waals surface area contributed by atoms with E-state index in [9.17, 15) is 4.91 Å². The summed E-state index contributed by atoms with van der Waals surface area (Å²) in [5.41, 5.74) is -0.379. The first kappa shape index (κ1) is 8.32. The van der Waals surface area contributed by atoms with Gasteiger partial charge in [-0.2, -0.15) is 0 Å². The molecule has 1 aromatic rings. The van der Waals surface area contributed by atoms with Gasteiger partial charge < -0.3 is 14.9 Å². The molecule has 64 valence electrons. The second kappa shape index (κ2) is 3.08. The van der Waals surface area contributed by atoms with Crippen molar-refractivity contribution in [1.82, 2.24) is 0 Å². The van der Waals surface area contributed by atoms with E-state index in [1.54, 1.807) is 0 Å². The van der Waals surface area contributed by atoms with Crippen LogP contribution >= 0.6 is 0 Å². The van der Waals surface area contributed by atoms with Crippen LogP contribution in [0, 0.1) is 4.91 Å². The molecule has 1 rings (SSSR count). The Labute approximate surface area is 68.2 Å². The molecular weight excluding hydrogens is 162 g/mol. The van der Waals surface area contributed by atoms with Gasteiger partial charge in [0.2, 0.25) is 0 Å². The zero-order chi connectivity index (χ0) is 9.14. The Morgan fingerprint density at radius 2 is 1.83 bits per heavy atom. The Bertz CT molecular complexity index is 287. The summed E-state index contributed by atoms with van der Waals surface area (Å²) in [4.78, 5) is 10.0. The van der Waals surface area contributed by atoms with Gasteiger partial charge in [-0.3, -0.25) is 0 Å². The first-order chi connectivity index (χ1) is 5.69. The fourth-order valence-corrected chi connectivity index (χ4v) is 0.790. The van der Waals surface area contributed by atoms with Crippen molar-refractivity contribution in [1.29, 1.82) is 0 Å². The summed E-state index contributed by atoms with van der Waals surface area (Å²) in [6.45, 7) is 0. The lowest BCUT2D eigenvalue weighted by Gasteiger charge is -2.02. The number of nitroso groups, excluding NO2 is 1. The zero-order valence-corrected chi connectivity index (χ0v) is 6.31. The Morgan fingerprint density at radius 1 is 1.33 bits per heavy atom. The minimum absolute atomic E-state index is 0.261. The van der Waals surface area contributed by atoms with Gasteiger partial charge in [0, 0.05) is 12.1 Å². The lowest BCUT2D eigenvalue weighted by atomic mass is 10.2. The van der Waals surface area contributed by atoms with E-state index in [0.717, 1.165) is 0 Å². The molecule has 1 aromatic carbocycles. The van der Waals surface area contributed by atoms with E-state index in [-0.39, 0.29) is 11.4 Å². The Hall–Kier alpha value is -1.78. The van der Waals surface area contributed by atoms with Gasteiger partial charge in [0.25, 0.3) is 0 Å². The summed E-state index contributed by atoms with van der Waals surface area (Å²) in [7, 11) is 1.38. The Balaban J connectivity index is 3.27. The maximum Gasteiger partial charge on any atom is 0.191 e. The molecule has 0 saturated carbocycles. The van der Waals surface area contributed by atoms with Crippen molar-refractivity contribution in [2.75, 3.05) is 7.11 Å². The first-order valence-corrected chi connectivity index (χ1v) is 3.12. The van der Waals surface area contributed by atoms with Crippen molar-refractivity contribution < 1.29 is 14.9 Å². The van der Waals surface area contributed by atoms with E-state index < -0.39 is 11.5 Å². The molecule has 0 aliphatic rings. The third-order valence-electron chi connectivity index (χ3n) is 1.37. The van der Waals surface area contributed by atoms with Crippen LogP contribution < -0.4 is 4.74 Å². The smallest absolute Gasteiger partial charge is 0.191 e. The summed E-state index contributed by atoms with van der Waals surface area (Å²) in [6, 6.07) is 2.38. The lowest BCUT2D eigenvalue weighted by molar-refractivity contribution is 0.399. The van der Waals surface area contributed by atoms with Crippen LogP contribution in [0.1, 0.15) is 0 Å². The predicted molar refractivity (Wildman–Crippen MR) is 41.8 cm³/mol. The number of phenolic OH excluding ortho intramolecular Hbond substituents is 2. The van der Waals surface area contributed by atoms with Crippen LogP contribution in [0.3, 0.4) is 0 Å². The molecule has 5 heteroatoms. The fourth-order valence-electron chi connectivity index (χ4n) is 0.790. The minimum atomic E-state index is -0.401. The molecule has 5 nitrogen and oxygen atoms in total. The summed E-state index contributed by atoms with van der Waals surface area (Å²) >= 11 is 0. The fraction of sp³-hybridized carbons (Fsp3) is 0.143. The second-order valence-corrected chi connectivity index (χ2v) is 2.11. The van der Waals surface area contributed by atoms with Crippen molar-refractivity contribution in [2.24, 2.45) is 5.18 Å². The third-order valence-corrected chi connectivity index (χ3v) is 1.37. The molecule has 0 aliphatic heterocycles. The number of hydrogen-bond acceptors (Lipinski definition) is 5. The van der Waals surface area contributed by atoms with Crippen molar-refractivity contribution in [3.63, 3.8) is 0 Å². The summed E-state index contributed by atoms with van der Waals surface area (Å²) in [6.07, 6.45) is 0. The highest BCUT2D eigenvalue weighted by Crippen LogP contribution is 2.39. The standard InChI is InChI=1S/C7H7NO4/c1-12-4-2-5(9)7(8-11)6(10)3-4/h2-3,9-10H,1H3. The van der Waals surface area contributed by atoms with Gasteiger partial charge in [-0.1, -0.05) is 0 Å². The summed E-state index contributed by atoms with van der Waals surface area (Å²) in [5.74, 6) is -0.541. The highest BCUT2D eigenvalue weighted by Gasteiger charge is 2.09. The lowest BCUT2D eigenvalue weighted by Crippen LogP contribution is -1.81. The molecule has 12 heavy (non-hydrogen) atoms. The molecular formula is C7H7NO4. The largest absolute Gasteiger partial charge is 0.505 e. The van der Waals surface area contributed by atoms with E-state index in [0.29, 0.717) is 0 Å². The predicted octanol–water partition coefficient (Wildman–Crippen LogP) is 1.50. The number of ether oxygens (including phenoxy) is 1.